The third kappa shape index (κ3) is 6.01. The monoisotopic (exact) mass is 472 g/mol. The Balaban J connectivity index is 0.00000288. The average Bonchev–Trinajstić information content (AvgIpc) is 2.99. The Morgan fingerprint density at radius 2 is 1.83 bits per heavy atom. The Bertz CT molecular complexity index is 510. The maximum Gasteiger partial charge on any atom is 0.213 e. The van der Waals surface area contributed by atoms with Crippen LogP contribution in [0.25, 0.3) is 0 Å². The second-order valence-electron chi connectivity index (χ2n) is 7.16. The van der Waals surface area contributed by atoms with Crippen molar-refractivity contribution in [1.29, 1.82) is 0 Å². The summed E-state index contributed by atoms with van der Waals surface area (Å²) in [6.07, 6.45) is 6.88. The van der Waals surface area contributed by atoms with E-state index in [1.54, 1.807) is 18.3 Å². The van der Waals surface area contributed by atoms with E-state index in [2.05, 4.69) is 22.5 Å². The van der Waals surface area contributed by atoms with E-state index < -0.39 is 10.0 Å². The van der Waals surface area contributed by atoms with Gasteiger partial charge in [-0.2, -0.15) is 0 Å². The standard InChI is InChI=1S/C16H32N4O2S.HI/c1-4-23(21,22)20-11-7-14(8-12-20)19-15(17-3)18-13-16(2)9-5-6-10-16;/h14H,4-13H2,1-3H3,(H2,17,18,19);1H. The van der Waals surface area contributed by atoms with Crippen molar-refractivity contribution in [1.82, 2.24) is 14.9 Å². The molecule has 0 spiro atoms. The van der Waals surface area contributed by atoms with Crippen LogP contribution in [-0.2, 0) is 10.0 Å². The zero-order valence-corrected chi connectivity index (χ0v) is 18.3. The van der Waals surface area contributed by atoms with E-state index in [9.17, 15) is 8.42 Å². The molecule has 2 rings (SSSR count). The molecule has 0 radical (unpaired) electrons. The van der Waals surface area contributed by atoms with Gasteiger partial charge in [-0.05, 0) is 38.0 Å². The van der Waals surface area contributed by atoms with Gasteiger partial charge in [-0.15, -0.1) is 24.0 Å². The van der Waals surface area contributed by atoms with Gasteiger partial charge in [0.05, 0.1) is 5.75 Å². The fourth-order valence-corrected chi connectivity index (χ4v) is 4.68. The summed E-state index contributed by atoms with van der Waals surface area (Å²) in [5.74, 6) is 1.03. The number of nitrogens with zero attached hydrogens (tertiary/aromatic N) is 2. The summed E-state index contributed by atoms with van der Waals surface area (Å²) in [7, 11) is -1.25. The molecule has 0 aromatic rings. The van der Waals surface area contributed by atoms with E-state index in [0.29, 0.717) is 24.5 Å². The van der Waals surface area contributed by atoms with Crippen LogP contribution in [0.5, 0.6) is 0 Å². The second-order valence-corrected chi connectivity index (χ2v) is 9.42. The zero-order valence-electron chi connectivity index (χ0n) is 15.2. The van der Waals surface area contributed by atoms with Gasteiger partial charge in [0.15, 0.2) is 5.96 Å². The van der Waals surface area contributed by atoms with Crippen LogP contribution in [0.2, 0.25) is 0 Å². The number of halogens is 1. The van der Waals surface area contributed by atoms with E-state index in [4.69, 9.17) is 0 Å². The Hall–Kier alpha value is -0.0900. The minimum absolute atomic E-state index is 0. The van der Waals surface area contributed by atoms with Crippen LogP contribution in [0.3, 0.4) is 0 Å². The van der Waals surface area contributed by atoms with E-state index in [0.717, 1.165) is 25.3 Å². The summed E-state index contributed by atoms with van der Waals surface area (Å²) in [6, 6.07) is 0.292. The highest BCUT2D eigenvalue weighted by molar-refractivity contribution is 14.0. The van der Waals surface area contributed by atoms with Crippen molar-refractivity contribution >= 4 is 40.0 Å². The van der Waals surface area contributed by atoms with Gasteiger partial charge in [-0.3, -0.25) is 4.99 Å². The minimum Gasteiger partial charge on any atom is -0.356 e. The number of guanidine groups is 1. The highest BCUT2D eigenvalue weighted by Crippen LogP contribution is 2.36. The molecule has 1 saturated heterocycles. The molecule has 2 fully saturated rings. The second kappa shape index (κ2) is 9.56. The normalized spacial score (nSPS) is 22.9. The van der Waals surface area contributed by atoms with E-state index in [1.807, 2.05) is 0 Å². The van der Waals surface area contributed by atoms with Crippen LogP contribution >= 0.6 is 24.0 Å². The number of sulfonamides is 1. The van der Waals surface area contributed by atoms with Gasteiger partial charge in [0.25, 0.3) is 0 Å². The number of piperidine rings is 1. The summed E-state index contributed by atoms with van der Waals surface area (Å²) in [5.41, 5.74) is 0.385. The maximum absolute atomic E-state index is 11.9. The van der Waals surface area contributed by atoms with Gasteiger partial charge in [0, 0.05) is 32.7 Å². The number of hydrogen-bond donors (Lipinski definition) is 2. The molecule has 142 valence electrons. The lowest BCUT2D eigenvalue weighted by molar-refractivity contribution is 0.303. The molecule has 0 aromatic heterocycles. The lowest BCUT2D eigenvalue weighted by Gasteiger charge is -2.33. The van der Waals surface area contributed by atoms with Crippen molar-refractivity contribution in [3.8, 4) is 0 Å². The SMILES string of the molecule is CCS(=O)(=O)N1CCC(NC(=NC)NCC2(C)CCCC2)CC1.I. The van der Waals surface area contributed by atoms with Crippen LogP contribution in [0, 0.1) is 5.41 Å². The highest BCUT2D eigenvalue weighted by Gasteiger charge is 2.30. The molecule has 0 bridgehead atoms. The Morgan fingerprint density at radius 3 is 2.33 bits per heavy atom. The zero-order chi connectivity index (χ0) is 16.9. The Morgan fingerprint density at radius 1 is 1.25 bits per heavy atom. The summed E-state index contributed by atoms with van der Waals surface area (Å²) in [4.78, 5) is 4.32. The molecule has 2 N–H and O–H groups in total. The third-order valence-electron chi connectivity index (χ3n) is 5.27. The summed E-state index contributed by atoms with van der Waals surface area (Å²) in [6.45, 7) is 6.20. The highest BCUT2D eigenvalue weighted by atomic mass is 127. The van der Waals surface area contributed by atoms with Crippen LogP contribution in [-0.4, -0.2) is 57.2 Å². The number of hydrogen-bond acceptors (Lipinski definition) is 3. The van der Waals surface area contributed by atoms with Crippen LogP contribution in [0.4, 0.5) is 0 Å². The first kappa shape index (κ1) is 22.0. The molecular formula is C16H33IN4O2S. The molecular weight excluding hydrogens is 439 g/mol. The summed E-state index contributed by atoms with van der Waals surface area (Å²) >= 11 is 0. The molecule has 0 atom stereocenters. The van der Waals surface area contributed by atoms with Gasteiger partial charge in [-0.25, -0.2) is 12.7 Å². The lowest BCUT2D eigenvalue weighted by atomic mass is 9.89. The first-order valence-corrected chi connectivity index (χ1v) is 10.4. The number of rotatable bonds is 5. The summed E-state index contributed by atoms with van der Waals surface area (Å²) < 4.78 is 25.4. The minimum atomic E-state index is -3.05. The topological polar surface area (TPSA) is 73.8 Å². The van der Waals surface area contributed by atoms with Crippen molar-refractivity contribution in [2.75, 3.05) is 32.4 Å². The van der Waals surface area contributed by atoms with E-state index >= 15 is 0 Å². The van der Waals surface area contributed by atoms with Crippen LogP contribution < -0.4 is 10.6 Å². The van der Waals surface area contributed by atoms with Gasteiger partial charge in [-0.1, -0.05) is 19.8 Å². The maximum atomic E-state index is 11.9. The quantitative estimate of drug-likeness (QED) is 0.366. The summed E-state index contributed by atoms with van der Waals surface area (Å²) in [5, 5.41) is 6.91. The molecule has 1 aliphatic carbocycles. The van der Waals surface area contributed by atoms with Gasteiger partial charge < -0.3 is 10.6 Å². The predicted molar refractivity (Wildman–Crippen MR) is 111 cm³/mol. The van der Waals surface area contributed by atoms with E-state index in [1.165, 1.54) is 25.7 Å². The smallest absolute Gasteiger partial charge is 0.213 e. The van der Waals surface area contributed by atoms with Crippen LogP contribution in [0.1, 0.15) is 52.4 Å². The number of aliphatic imine (C=N–C) groups is 1. The van der Waals surface area contributed by atoms with Gasteiger partial charge in [0.2, 0.25) is 10.0 Å². The molecule has 24 heavy (non-hydrogen) atoms. The largest absolute Gasteiger partial charge is 0.356 e. The first-order chi connectivity index (χ1) is 10.9. The fraction of sp³-hybridized carbons (Fsp3) is 0.938. The van der Waals surface area contributed by atoms with Crippen molar-refractivity contribution in [2.24, 2.45) is 10.4 Å². The van der Waals surface area contributed by atoms with Crippen molar-refractivity contribution in [3.05, 3.63) is 0 Å². The Labute approximate surface area is 164 Å². The third-order valence-corrected chi connectivity index (χ3v) is 7.15. The lowest BCUT2D eigenvalue weighted by Crippen LogP contribution is -2.51. The molecule has 1 aliphatic heterocycles. The van der Waals surface area contributed by atoms with E-state index in [-0.39, 0.29) is 29.7 Å². The average molecular weight is 472 g/mol. The molecule has 0 aromatic carbocycles. The molecule has 2 aliphatic rings. The first-order valence-electron chi connectivity index (χ1n) is 8.83. The van der Waals surface area contributed by atoms with Gasteiger partial charge in [0.1, 0.15) is 0 Å². The van der Waals surface area contributed by atoms with Crippen molar-refractivity contribution < 1.29 is 8.42 Å². The Kier molecular flexibility index (Phi) is 8.75. The number of nitrogens with one attached hydrogen (secondary N) is 2. The van der Waals surface area contributed by atoms with Gasteiger partial charge >= 0.3 is 0 Å². The molecule has 0 unspecified atom stereocenters. The molecule has 1 heterocycles. The van der Waals surface area contributed by atoms with Crippen molar-refractivity contribution in [2.45, 2.75) is 58.4 Å². The molecule has 8 heteroatoms. The van der Waals surface area contributed by atoms with Crippen molar-refractivity contribution in [3.63, 3.8) is 0 Å². The molecule has 0 amide bonds. The molecule has 6 nitrogen and oxygen atoms in total. The fourth-order valence-electron chi connectivity index (χ4n) is 3.55. The van der Waals surface area contributed by atoms with Crippen LogP contribution in [0.15, 0.2) is 4.99 Å². The molecule has 1 saturated carbocycles. The predicted octanol–water partition coefficient (Wildman–Crippen LogP) is 2.16.